The molecule has 2 aliphatic heterocycles. The van der Waals surface area contributed by atoms with E-state index in [9.17, 15) is 9.59 Å². The monoisotopic (exact) mass is 421 g/mol. The van der Waals surface area contributed by atoms with Crippen LogP contribution in [0.4, 0.5) is 11.4 Å². The van der Waals surface area contributed by atoms with Gasteiger partial charge in [0.25, 0.3) is 0 Å². The standard InChI is InChI=1S/C25H31N3O3/c1-3-19-8-4-7-11-23(19)28-18-21(16-24(28)29)25(30)26(2)17-20-9-5-6-10-22(20)27-12-14-31-15-13-27/h4-11,21H,3,12-18H2,1-2H3. The molecule has 4 rings (SSSR count). The SMILES string of the molecule is CCc1ccccc1N1CC(C(=O)N(C)Cc2ccccc2N2CCOCC2)CC1=O. The summed E-state index contributed by atoms with van der Waals surface area (Å²) in [6.45, 7) is 6.23. The summed E-state index contributed by atoms with van der Waals surface area (Å²) in [5, 5.41) is 0. The van der Waals surface area contributed by atoms with E-state index in [1.807, 2.05) is 43.4 Å². The fourth-order valence-electron chi connectivity index (χ4n) is 4.58. The van der Waals surface area contributed by atoms with E-state index in [-0.39, 0.29) is 24.2 Å². The fourth-order valence-corrected chi connectivity index (χ4v) is 4.58. The van der Waals surface area contributed by atoms with Gasteiger partial charge in [-0.05, 0) is 29.7 Å². The third-order valence-corrected chi connectivity index (χ3v) is 6.26. The molecular formula is C25H31N3O3. The first-order chi connectivity index (χ1) is 15.1. The molecule has 0 bridgehead atoms. The molecule has 164 valence electrons. The lowest BCUT2D eigenvalue weighted by Gasteiger charge is -2.31. The zero-order valence-corrected chi connectivity index (χ0v) is 18.4. The van der Waals surface area contributed by atoms with Crippen molar-refractivity contribution in [1.82, 2.24) is 4.90 Å². The Morgan fingerprint density at radius 2 is 1.68 bits per heavy atom. The molecular weight excluding hydrogens is 390 g/mol. The molecule has 1 atom stereocenters. The number of morpholine rings is 1. The summed E-state index contributed by atoms with van der Waals surface area (Å²) in [4.78, 5) is 31.8. The second-order valence-corrected chi connectivity index (χ2v) is 8.31. The highest BCUT2D eigenvalue weighted by atomic mass is 16.5. The van der Waals surface area contributed by atoms with Gasteiger partial charge >= 0.3 is 0 Å². The number of carbonyl (C=O) groups excluding carboxylic acids is 2. The minimum Gasteiger partial charge on any atom is -0.378 e. The molecule has 2 saturated heterocycles. The fraction of sp³-hybridized carbons (Fsp3) is 0.440. The van der Waals surface area contributed by atoms with E-state index < -0.39 is 0 Å². The minimum absolute atomic E-state index is 0.0290. The summed E-state index contributed by atoms with van der Waals surface area (Å²) < 4.78 is 5.48. The summed E-state index contributed by atoms with van der Waals surface area (Å²) in [6, 6.07) is 16.2. The van der Waals surface area contributed by atoms with E-state index >= 15 is 0 Å². The third kappa shape index (κ3) is 4.59. The van der Waals surface area contributed by atoms with Gasteiger partial charge in [0.2, 0.25) is 11.8 Å². The topological polar surface area (TPSA) is 53.1 Å². The Morgan fingerprint density at radius 3 is 2.39 bits per heavy atom. The lowest BCUT2D eigenvalue weighted by Crippen LogP contribution is -2.38. The van der Waals surface area contributed by atoms with Gasteiger partial charge in [-0.3, -0.25) is 9.59 Å². The first kappa shape index (κ1) is 21.4. The van der Waals surface area contributed by atoms with Crippen molar-refractivity contribution in [2.24, 2.45) is 5.92 Å². The molecule has 2 aromatic carbocycles. The number of ether oxygens (including phenoxy) is 1. The van der Waals surface area contributed by atoms with Crippen molar-refractivity contribution in [3.05, 3.63) is 59.7 Å². The van der Waals surface area contributed by atoms with Gasteiger partial charge in [-0.25, -0.2) is 0 Å². The van der Waals surface area contributed by atoms with E-state index in [1.54, 1.807) is 9.80 Å². The molecule has 2 heterocycles. The van der Waals surface area contributed by atoms with Crippen LogP contribution in [0.15, 0.2) is 48.5 Å². The van der Waals surface area contributed by atoms with Crippen LogP contribution in [0.3, 0.4) is 0 Å². The molecule has 2 amide bonds. The Labute approximate surface area is 184 Å². The lowest BCUT2D eigenvalue weighted by molar-refractivity contribution is -0.135. The number of anilines is 2. The van der Waals surface area contributed by atoms with Crippen molar-refractivity contribution < 1.29 is 14.3 Å². The van der Waals surface area contributed by atoms with E-state index in [0.717, 1.165) is 55.2 Å². The van der Waals surface area contributed by atoms with Gasteiger partial charge in [0.05, 0.1) is 19.1 Å². The highest BCUT2D eigenvalue weighted by Gasteiger charge is 2.37. The number of rotatable bonds is 6. The molecule has 2 aliphatic rings. The maximum atomic E-state index is 13.2. The van der Waals surface area contributed by atoms with E-state index in [0.29, 0.717) is 13.1 Å². The van der Waals surface area contributed by atoms with Crippen molar-refractivity contribution in [1.29, 1.82) is 0 Å². The molecule has 2 aromatic rings. The first-order valence-corrected chi connectivity index (χ1v) is 11.1. The average molecular weight is 422 g/mol. The zero-order valence-electron chi connectivity index (χ0n) is 18.4. The average Bonchev–Trinajstić information content (AvgIpc) is 3.20. The minimum atomic E-state index is -0.307. The molecule has 0 N–H and O–H groups in total. The quantitative estimate of drug-likeness (QED) is 0.719. The normalized spacial score (nSPS) is 19.0. The Balaban J connectivity index is 1.45. The highest BCUT2D eigenvalue weighted by molar-refractivity contribution is 6.00. The van der Waals surface area contributed by atoms with Crippen LogP contribution in [0.25, 0.3) is 0 Å². The Bertz CT molecular complexity index is 939. The number of benzene rings is 2. The van der Waals surface area contributed by atoms with Crippen LogP contribution in [-0.4, -0.2) is 56.6 Å². The zero-order chi connectivity index (χ0) is 21.8. The maximum Gasteiger partial charge on any atom is 0.228 e. The lowest BCUT2D eigenvalue weighted by atomic mass is 10.1. The molecule has 2 fully saturated rings. The Morgan fingerprint density at radius 1 is 1.03 bits per heavy atom. The number of amides is 2. The van der Waals surface area contributed by atoms with E-state index in [4.69, 9.17) is 4.74 Å². The predicted octanol–water partition coefficient (Wildman–Crippen LogP) is 3.10. The highest BCUT2D eigenvalue weighted by Crippen LogP contribution is 2.30. The van der Waals surface area contributed by atoms with Gasteiger partial charge in [0, 0.05) is 51.0 Å². The van der Waals surface area contributed by atoms with Gasteiger partial charge in [-0.1, -0.05) is 43.3 Å². The van der Waals surface area contributed by atoms with Gasteiger partial charge in [-0.2, -0.15) is 0 Å². The largest absolute Gasteiger partial charge is 0.378 e. The number of hydrogen-bond donors (Lipinski definition) is 0. The summed E-state index contributed by atoms with van der Waals surface area (Å²) in [5.74, 6) is -0.249. The smallest absolute Gasteiger partial charge is 0.228 e. The van der Waals surface area contributed by atoms with Gasteiger partial charge < -0.3 is 19.4 Å². The van der Waals surface area contributed by atoms with Crippen molar-refractivity contribution >= 4 is 23.2 Å². The third-order valence-electron chi connectivity index (χ3n) is 6.26. The predicted molar refractivity (Wildman–Crippen MR) is 122 cm³/mol. The molecule has 1 unspecified atom stereocenters. The summed E-state index contributed by atoms with van der Waals surface area (Å²) in [5.41, 5.74) is 4.35. The van der Waals surface area contributed by atoms with Crippen LogP contribution in [-0.2, 0) is 27.3 Å². The molecule has 0 aliphatic carbocycles. The first-order valence-electron chi connectivity index (χ1n) is 11.1. The number of para-hydroxylation sites is 2. The van der Waals surface area contributed by atoms with Crippen LogP contribution < -0.4 is 9.80 Å². The molecule has 6 heteroatoms. The van der Waals surface area contributed by atoms with Crippen LogP contribution in [0.2, 0.25) is 0 Å². The molecule has 0 spiro atoms. The molecule has 6 nitrogen and oxygen atoms in total. The summed E-state index contributed by atoms with van der Waals surface area (Å²) >= 11 is 0. The van der Waals surface area contributed by atoms with Crippen LogP contribution in [0.1, 0.15) is 24.5 Å². The second kappa shape index (κ2) is 9.52. The van der Waals surface area contributed by atoms with Crippen LogP contribution in [0, 0.1) is 5.92 Å². The van der Waals surface area contributed by atoms with Crippen LogP contribution in [0.5, 0.6) is 0 Å². The maximum absolute atomic E-state index is 13.2. The Kier molecular flexibility index (Phi) is 6.56. The second-order valence-electron chi connectivity index (χ2n) is 8.31. The van der Waals surface area contributed by atoms with Crippen molar-refractivity contribution in [3.8, 4) is 0 Å². The number of nitrogens with zero attached hydrogens (tertiary/aromatic N) is 3. The van der Waals surface area contributed by atoms with Crippen LogP contribution >= 0.6 is 0 Å². The van der Waals surface area contributed by atoms with E-state index in [2.05, 4.69) is 24.0 Å². The van der Waals surface area contributed by atoms with Crippen molar-refractivity contribution in [2.75, 3.05) is 49.7 Å². The molecule has 0 saturated carbocycles. The van der Waals surface area contributed by atoms with Gasteiger partial charge in [0.15, 0.2) is 0 Å². The molecule has 0 aromatic heterocycles. The number of hydrogen-bond acceptors (Lipinski definition) is 4. The number of aryl methyl sites for hydroxylation is 1. The summed E-state index contributed by atoms with van der Waals surface area (Å²) in [6.07, 6.45) is 1.13. The van der Waals surface area contributed by atoms with Gasteiger partial charge in [0.1, 0.15) is 0 Å². The van der Waals surface area contributed by atoms with Crippen molar-refractivity contribution in [2.45, 2.75) is 26.3 Å². The molecule has 0 radical (unpaired) electrons. The Hall–Kier alpha value is -2.86. The number of carbonyl (C=O) groups is 2. The summed E-state index contributed by atoms with van der Waals surface area (Å²) in [7, 11) is 1.84. The van der Waals surface area contributed by atoms with Crippen molar-refractivity contribution in [3.63, 3.8) is 0 Å². The van der Waals surface area contributed by atoms with E-state index in [1.165, 1.54) is 0 Å². The molecule has 31 heavy (non-hydrogen) atoms. The van der Waals surface area contributed by atoms with Gasteiger partial charge in [-0.15, -0.1) is 0 Å².